The lowest BCUT2D eigenvalue weighted by Crippen LogP contribution is -2.45. The summed E-state index contributed by atoms with van der Waals surface area (Å²) in [6.07, 6.45) is 10.7. The predicted molar refractivity (Wildman–Crippen MR) is 113 cm³/mol. The van der Waals surface area contributed by atoms with Crippen LogP contribution in [0.1, 0.15) is 48.6 Å². The number of aliphatic imine (C=N–C) groups is 1. The van der Waals surface area contributed by atoms with Gasteiger partial charge >= 0.3 is 0 Å². The summed E-state index contributed by atoms with van der Waals surface area (Å²) in [5.41, 5.74) is 3.17. The number of para-hydroxylation sites is 1. The standard InChI is InChI=1S/C22H22N2OS2/c25-21-19(10-16-11-23-18-4-2-1-3-17(16)18)27-22(26)24(21)20-14-6-12-5-13(8-14)9-15(20)7-12/h1-4,10-15,20,25H,5-9H2. The molecular weight excluding hydrogens is 372 g/mol. The Bertz CT molecular complexity index is 1020. The molecule has 4 aliphatic carbocycles. The second kappa shape index (κ2) is 5.89. The third-order valence-electron chi connectivity index (χ3n) is 7.16. The van der Waals surface area contributed by atoms with E-state index in [1.54, 1.807) is 0 Å². The average Bonchev–Trinajstić information content (AvgIpc) is 3.17. The molecule has 1 aromatic carbocycles. The molecule has 4 saturated carbocycles. The topological polar surface area (TPSA) is 37.5 Å². The number of allylic oxidation sites excluding steroid dienone is 1. The van der Waals surface area contributed by atoms with Crippen LogP contribution in [0.3, 0.4) is 0 Å². The first-order valence-corrected chi connectivity index (χ1v) is 11.2. The summed E-state index contributed by atoms with van der Waals surface area (Å²) in [4.78, 5) is 5.35. The number of aromatic hydroxyl groups is 1. The lowest BCUT2D eigenvalue weighted by Gasteiger charge is -2.54. The van der Waals surface area contributed by atoms with Crippen LogP contribution in [-0.2, 0) is 0 Å². The van der Waals surface area contributed by atoms with Gasteiger partial charge in [0.1, 0.15) is 0 Å². The monoisotopic (exact) mass is 394 g/mol. The first kappa shape index (κ1) is 16.3. The number of fused-ring (bicyclic) bond motifs is 1. The summed E-state index contributed by atoms with van der Waals surface area (Å²) in [6.45, 7) is 0. The molecule has 0 atom stereocenters. The van der Waals surface area contributed by atoms with Gasteiger partial charge < -0.3 is 5.11 Å². The van der Waals surface area contributed by atoms with Gasteiger partial charge in [0.25, 0.3) is 0 Å². The van der Waals surface area contributed by atoms with Gasteiger partial charge in [-0.2, -0.15) is 0 Å². The number of benzene rings is 1. The van der Waals surface area contributed by atoms with Gasteiger partial charge in [-0.3, -0.25) is 9.56 Å². The van der Waals surface area contributed by atoms with E-state index in [2.05, 4.69) is 21.7 Å². The highest BCUT2D eigenvalue weighted by molar-refractivity contribution is 7.73. The van der Waals surface area contributed by atoms with Crippen LogP contribution in [-0.4, -0.2) is 15.9 Å². The lowest BCUT2D eigenvalue weighted by molar-refractivity contribution is -0.0314. The highest BCUT2D eigenvalue weighted by Crippen LogP contribution is 2.59. The van der Waals surface area contributed by atoms with Gasteiger partial charge in [0.15, 0.2) is 3.95 Å². The summed E-state index contributed by atoms with van der Waals surface area (Å²) in [5, 5.41) is 11.1. The van der Waals surface area contributed by atoms with Gasteiger partial charge in [-0.15, -0.1) is 11.3 Å². The average molecular weight is 395 g/mol. The molecule has 27 heavy (non-hydrogen) atoms. The number of hydrogen-bond acceptors (Lipinski definition) is 4. The molecule has 1 aliphatic heterocycles. The molecule has 3 nitrogen and oxygen atoms in total. The number of nitrogens with zero attached hydrogens (tertiary/aromatic N) is 2. The molecular formula is C22H22N2OS2. The fourth-order valence-electron chi connectivity index (χ4n) is 6.36. The first-order valence-electron chi connectivity index (χ1n) is 9.97. The second-order valence-electron chi connectivity index (χ2n) is 8.72. The Morgan fingerprint density at radius 3 is 2.52 bits per heavy atom. The van der Waals surface area contributed by atoms with Crippen LogP contribution in [0.4, 0.5) is 5.69 Å². The van der Waals surface area contributed by atoms with Crippen LogP contribution in [0.25, 0.3) is 11.6 Å². The highest BCUT2D eigenvalue weighted by Gasteiger charge is 2.49. The van der Waals surface area contributed by atoms with E-state index in [1.165, 1.54) is 43.4 Å². The number of aromatic nitrogens is 1. The number of rotatable bonds is 2. The number of hydrogen-bond donors (Lipinski definition) is 1. The number of thiazole rings is 1. The molecule has 138 valence electrons. The molecule has 1 aromatic heterocycles. The van der Waals surface area contributed by atoms with Gasteiger partial charge in [0.05, 0.1) is 10.6 Å². The Hall–Kier alpha value is -1.72. The van der Waals surface area contributed by atoms with Gasteiger partial charge in [0.2, 0.25) is 5.88 Å². The molecule has 4 bridgehead atoms. The van der Waals surface area contributed by atoms with Crippen molar-refractivity contribution in [3.8, 4) is 5.88 Å². The molecule has 0 radical (unpaired) electrons. The molecule has 2 heterocycles. The van der Waals surface area contributed by atoms with Crippen molar-refractivity contribution in [1.82, 2.24) is 4.57 Å². The zero-order valence-corrected chi connectivity index (χ0v) is 16.7. The van der Waals surface area contributed by atoms with Crippen molar-refractivity contribution in [2.24, 2.45) is 28.7 Å². The van der Waals surface area contributed by atoms with E-state index in [1.807, 2.05) is 24.4 Å². The minimum atomic E-state index is 0.368. The SMILES string of the molecule is Oc1c(C=C2C=Nc3ccccc32)sc(=S)n1C1C2CC3CC(C2)CC1C3. The third-order valence-corrected chi connectivity index (χ3v) is 8.50. The van der Waals surface area contributed by atoms with Crippen molar-refractivity contribution in [3.05, 3.63) is 38.7 Å². The van der Waals surface area contributed by atoms with Crippen molar-refractivity contribution in [3.63, 3.8) is 0 Å². The summed E-state index contributed by atoms with van der Waals surface area (Å²) >= 11 is 7.27. The molecule has 0 saturated heterocycles. The van der Waals surface area contributed by atoms with E-state index in [9.17, 15) is 5.11 Å². The molecule has 7 rings (SSSR count). The summed E-state index contributed by atoms with van der Waals surface area (Å²) < 4.78 is 2.93. The largest absolute Gasteiger partial charge is 0.493 e. The molecule has 0 unspecified atom stereocenters. The quantitative estimate of drug-likeness (QED) is 0.612. The van der Waals surface area contributed by atoms with Gasteiger partial charge in [0, 0.05) is 23.4 Å². The molecule has 5 heteroatoms. The van der Waals surface area contributed by atoms with Gasteiger partial charge in [-0.05, 0) is 80.1 Å². The first-order chi connectivity index (χ1) is 13.2. The molecule has 5 aliphatic rings. The van der Waals surface area contributed by atoms with E-state index >= 15 is 0 Å². The molecule has 2 aromatic rings. The Kier molecular flexibility index (Phi) is 3.54. The normalized spacial score (nSPS) is 34.5. The fraction of sp³-hybridized carbons (Fsp3) is 0.455. The second-order valence-corrected chi connectivity index (χ2v) is 10.4. The Morgan fingerprint density at radius 1 is 1.07 bits per heavy atom. The van der Waals surface area contributed by atoms with Crippen LogP contribution in [0.5, 0.6) is 5.88 Å². The minimum absolute atomic E-state index is 0.368. The third kappa shape index (κ3) is 2.44. The van der Waals surface area contributed by atoms with Crippen molar-refractivity contribution in [2.45, 2.75) is 38.1 Å². The lowest BCUT2D eigenvalue weighted by atomic mass is 9.54. The zero-order valence-electron chi connectivity index (χ0n) is 15.0. The van der Waals surface area contributed by atoms with Gasteiger partial charge in [-0.25, -0.2) is 0 Å². The maximum atomic E-state index is 11.1. The minimum Gasteiger partial charge on any atom is -0.493 e. The van der Waals surface area contributed by atoms with Crippen LogP contribution in [0, 0.1) is 27.6 Å². The van der Waals surface area contributed by atoms with Crippen LogP contribution < -0.4 is 0 Å². The molecule has 1 N–H and O–H groups in total. The van der Waals surface area contributed by atoms with E-state index in [-0.39, 0.29) is 0 Å². The Balaban J connectivity index is 1.40. The van der Waals surface area contributed by atoms with E-state index in [0.717, 1.165) is 37.5 Å². The molecule has 4 fully saturated rings. The van der Waals surface area contributed by atoms with Gasteiger partial charge in [-0.1, -0.05) is 18.2 Å². The Morgan fingerprint density at radius 2 is 1.78 bits per heavy atom. The van der Waals surface area contributed by atoms with Crippen molar-refractivity contribution in [2.75, 3.05) is 0 Å². The summed E-state index contributed by atoms with van der Waals surface area (Å²) in [5.74, 6) is 3.61. The summed E-state index contributed by atoms with van der Waals surface area (Å²) in [6, 6.07) is 8.54. The predicted octanol–water partition coefficient (Wildman–Crippen LogP) is 6.24. The van der Waals surface area contributed by atoms with Crippen molar-refractivity contribution >= 4 is 47.1 Å². The van der Waals surface area contributed by atoms with E-state index in [0.29, 0.717) is 23.8 Å². The van der Waals surface area contributed by atoms with Crippen molar-refractivity contribution < 1.29 is 5.11 Å². The molecule has 0 spiro atoms. The van der Waals surface area contributed by atoms with Crippen LogP contribution in [0.15, 0.2) is 29.3 Å². The van der Waals surface area contributed by atoms with E-state index in [4.69, 9.17) is 12.2 Å². The maximum absolute atomic E-state index is 11.1. The van der Waals surface area contributed by atoms with Crippen molar-refractivity contribution in [1.29, 1.82) is 0 Å². The fourth-order valence-corrected chi connectivity index (χ4v) is 7.71. The molecule has 0 amide bonds. The zero-order chi connectivity index (χ0) is 18.1. The summed E-state index contributed by atoms with van der Waals surface area (Å²) in [7, 11) is 0. The van der Waals surface area contributed by atoms with Crippen LogP contribution in [0.2, 0.25) is 0 Å². The maximum Gasteiger partial charge on any atom is 0.210 e. The van der Waals surface area contributed by atoms with E-state index < -0.39 is 0 Å². The van der Waals surface area contributed by atoms with Crippen LogP contribution >= 0.6 is 23.6 Å². The highest BCUT2D eigenvalue weighted by atomic mass is 32.1. The smallest absolute Gasteiger partial charge is 0.210 e. The Labute approximate surface area is 168 Å².